The molecule has 0 bridgehead atoms. The van der Waals surface area contributed by atoms with Crippen LogP contribution >= 0.6 is 0 Å². The van der Waals surface area contributed by atoms with Gasteiger partial charge in [-0.15, -0.1) is 0 Å². The van der Waals surface area contributed by atoms with Crippen molar-refractivity contribution >= 4 is 5.95 Å². The summed E-state index contributed by atoms with van der Waals surface area (Å²) >= 11 is 0. The van der Waals surface area contributed by atoms with Crippen LogP contribution in [0.15, 0.2) is 30.0 Å². The highest BCUT2D eigenvalue weighted by atomic mass is 16.5. The van der Waals surface area contributed by atoms with Crippen molar-refractivity contribution in [2.75, 3.05) is 26.6 Å². The fourth-order valence-electron chi connectivity index (χ4n) is 2.64. The number of hydrogen-bond donors (Lipinski definition) is 1. The smallest absolute Gasteiger partial charge is 0.226 e. The summed E-state index contributed by atoms with van der Waals surface area (Å²) in [5.41, 5.74) is 2.06. The van der Waals surface area contributed by atoms with E-state index in [2.05, 4.69) is 21.5 Å². The lowest BCUT2D eigenvalue weighted by Crippen LogP contribution is -2.19. The average molecular weight is 316 g/mol. The summed E-state index contributed by atoms with van der Waals surface area (Å²) in [4.78, 5) is 4.46. The second-order valence-electron chi connectivity index (χ2n) is 5.26. The Bertz CT molecular complexity index is 739. The minimum absolute atomic E-state index is 0.0656. The number of rotatable bonds is 5. The Labute approximate surface area is 134 Å². The van der Waals surface area contributed by atoms with E-state index in [9.17, 15) is 0 Å². The molecule has 1 aromatic heterocycles. The van der Waals surface area contributed by atoms with E-state index in [-0.39, 0.29) is 6.04 Å². The zero-order chi connectivity index (χ0) is 16.4. The SMILES string of the molecule is COCc1nc2n(n1)[C@H](c1ccc(OC)c(OC)c1)C=C(C)N2. The van der Waals surface area contributed by atoms with Crippen LogP contribution in [-0.2, 0) is 11.3 Å². The molecule has 3 rings (SSSR count). The predicted molar refractivity (Wildman–Crippen MR) is 85.8 cm³/mol. The third-order valence-electron chi connectivity index (χ3n) is 3.68. The van der Waals surface area contributed by atoms with Crippen molar-refractivity contribution in [2.24, 2.45) is 0 Å². The van der Waals surface area contributed by atoms with E-state index >= 15 is 0 Å². The minimum Gasteiger partial charge on any atom is -0.493 e. The molecule has 7 heteroatoms. The van der Waals surface area contributed by atoms with Gasteiger partial charge in [0.1, 0.15) is 12.6 Å². The number of aromatic nitrogens is 3. The second kappa shape index (κ2) is 6.29. The van der Waals surface area contributed by atoms with Gasteiger partial charge >= 0.3 is 0 Å². The Morgan fingerprint density at radius 1 is 1.17 bits per heavy atom. The molecule has 2 aromatic rings. The molecule has 0 aliphatic carbocycles. The van der Waals surface area contributed by atoms with Crippen molar-refractivity contribution in [3.63, 3.8) is 0 Å². The molecule has 0 fully saturated rings. The number of fused-ring (bicyclic) bond motifs is 1. The van der Waals surface area contributed by atoms with E-state index in [0.717, 1.165) is 11.3 Å². The summed E-state index contributed by atoms with van der Waals surface area (Å²) in [5, 5.41) is 7.76. The van der Waals surface area contributed by atoms with Gasteiger partial charge in [-0.25, -0.2) is 4.68 Å². The molecule has 0 amide bonds. The van der Waals surface area contributed by atoms with Crippen LogP contribution in [0.4, 0.5) is 5.95 Å². The molecule has 1 aliphatic heterocycles. The molecule has 0 spiro atoms. The summed E-state index contributed by atoms with van der Waals surface area (Å²) in [7, 11) is 4.88. The van der Waals surface area contributed by atoms with Gasteiger partial charge < -0.3 is 19.5 Å². The topological polar surface area (TPSA) is 70.4 Å². The number of anilines is 1. The van der Waals surface area contributed by atoms with Crippen LogP contribution in [0.25, 0.3) is 0 Å². The van der Waals surface area contributed by atoms with Crippen LogP contribution in [0.2, 0.25) is 0 Å². The quantitative estimate of drug-likeness (QED) is 0.913. The molecule has 23 heavy (non-hydrogen) atoms. The van der Waals surface area contributed by atoms with Crippen molar-refractivity contribution in [1.29, 1.82) is 0 Å². The van der Waals surface area contributed by atoms with Crippen molar-refractivity contribution in [3.05, 3.63) is 41.4 Å². The van der Waals surface area contributed by atoms with Crippen LogP contribution < -0.4 is 14.8 Å². The van der Waals surface area contributed by atoms with Gasteiger partial charge in [0.2, 0.25) is 5.95 Å². The number of methoxy groups -OCH3 is 3. The maximum absolute atomic E-state index is 5.40. The number of nitrogens with zero attached hydrogens (tertiary/aromatic N) is 3. The normalized spacial score (nSPS) is 16.3. The van der Waals surface area contributed by atoms with E-state index in [4.69, 9.17) is 14.2 Å². The van der Waals surface area contributed by atoms with E-state index in [0.29, 0.717) is 29.9 Å². The Kier molecular flexibility index (Phi) is 4.20. The van der Waals surface area contributed by atoms with Gasteiger partial charge in [0.05, 0.1) is 14.2 Å². The Morgan fingerprint density at radius 2 is 1.96 bits per heavy atom. The molecule has 0 saturated heterocycles. The van der Waals surface area contributed by atoms with E-state index in [1.54, 1.807) is 21.3 Å². The summed E-state index contributed by atoms with van der Waals surface area (Å²) < 4.78 is 17.7. The zero-order valence-corrected chi connectivity index (χ0v) is 13.7. The Morgan fingerprint density at radius 3 is 2.65 bits per heavy atom. The number of nitrogens with one attached hydrogen (secondary N) is 1. The van der Waals surface area contributed by atoms with E-state index < -0.39 is 0 Å². The monoisotopic (exact) mass is 316 g/mol. The van der Waals surface area contributed by atoms with Crippen molar-refractivity contribution in [1.82, 2.24) is 14.8 Å². The molecular weight excluding hydrogens is 296 g/mol. The maximum Gasteiger partial charge on any atom is 0.226 e. The molecule has 0 unspecified atom stereocenters. The molecule has 1 N–H and O–H groups in total. The van der Waals surface area contributed by atoms with E-state index in [1.165, 1.54) is 0 Å². The van der Waals surface area contributed by atoms with Crippen LogP contribution in [0.5, 0.6) is 11.5 Å². The van der Waals surface area contributed by atoms with E-state index in [1.807, 2.05) is 29.8 Å². The van der Waals surface area contributed by atoms with Crippen molar-refractivity contribution < 1.29 is 14.2 Å². The average Bonchev–Trinajstić information content (AvgIpc) is 2.96. The van der Waals surface area contributed by atoms with Gasteiger partial charge in [0.15, 0.2) is 17.3 Å². The standard InChI is InChI=1S/C16H20N4O3/c1-10-7-12(11-5-6-13(22-3)14(8-11)23-4)20-16(17-10)18-15(19-20)9-21-2/h5-8,12H,9H2,1-4H3,(H,17,18,19)/t12-/m0/s1. The molecule has 1 atom stereocenters. The minimum atomic E-state index is -0.0656. The van der Waals surface area contributed by atoms with Crippen LogP contribution in [0.3, 0.4) is 0 Å². The second-order valence-corrected chi connectivity index (χ2v) is 5.26. The zero-order valence-electron chi connectivity index (χ0n) is 13.7. The molecule has 2 heterocycles. The number of allylic oxidation sites excluding steroid dienone is 2. The number of hydrogen-bond acceptors (Lipinski definition) is 6. The third kappa shape index (κ3) is 2.87. The fourth-order valence-corrected chi connectivity index (χ4v) is 2.64. The van der Waals surface area contributed by atoms with Crippen LogP contribution in [0.1, 0.15) is 24.4 Å². The highest BCUT2D eigenvalue weighted by Crippen LogP contribution is 2.34. The van der Waals surface area contributed by atoms with Gasteiger partial charge in [-0.2, -0.15) is 10.1 Å². The van der Waals surface area contributed by atoms with Gasteiger partial charge in [-0.1, -0.05) is 6.07 Å². The highest BCUT2D eigenvalue weighted by molar-refractivity contribution is 5.48. The summed E-state index contributed by atoms with van der Waals surface area (Å²) in [6.45, 7) is 2.38. The maximum atomic E-state index is 5.40. The number of ether oxygens (including phenoxy) is 3. The summed E-state index contributed by atoms with van der Waals surface area (Å²) in [6, 6.07) is 5.79. The molecule has 1 aliphatic rings. The van der Waals surface area contributed by atoms with Gasteiger partial charge in [-0.05, 0) is 30.7 Å². The lowest BCUT2D eigenvalue weighted by molar-refractivity contribution is 0.177. The first-order chi connectivity index (χ1) is 11.2. The fraction of sp³-hybridized carbons (Fsp3) is 0.375. The molecule has 0 saturated carbocycles. The predicted octanol–water partition coefficient (Wildman–Crippen LogP) is 2.36. The third-order valence-corrected chi connectivity index (χ3v) is 3.68. The molecule has 1 aromatic carbocycles. The number of benzene rings is 1. The first-order valence-corrected chi connectivity index (χ1v) is 7.28. The molecule has 0 radical (unpaired) electrons. The first-order valence-electron chi connectivity index (χ1n) is 7.28. The highest BCUT2D eigenvalue weighted by Gasteiger charge is 2.24. The molecule has 122 valence electrons. The van der Waals surface area contributed by atoms with Crippen molar-refractivity contribution in [2.45, 2.75) is 19.6 Å². The first kappa shape index (κ1) is 15.4. The van der Waals surface area contributed by atoms with Gasteiger partial charge in [0.25, 0.3) is 0 Å². The van der Waals surface area contributed by atoms with Crippen LogP contribution in [0, 0.1) is 0 Å². The summed E-state index contributed by atoms with van der Waals surface area (Å²) in [6.07, 6.45) is 2.10. The van der Waals surface area contributed by atoms with Gasteiger partial charge in [-0.3, -0.25) is 0 Å². The van der Waals surface area contributed by atoms with Crippen LogP contribution in [-0.4, -0.2) is 36.1 Å². The molecular formula is C16H20N4O3. The Balaban J connectivity index is 2.03. The van der Waals surface area contributed by atoms with Gasteiger partial charge in [0, 0.05) is 12.8 Å². The molecule has 7 nitrogen and oxygen atoms in total. The van der Waals surface area contributed by atoms with Crippen molar-refractivity contribution in [3.8, 4) is 11.5 Å². The summed E-state index contributed by atoms with van der Waals surface area (Å²) in [5.74, 6) is 2.73. The lowest BCUT2D eigenvalue weighted by atomic mass is 10.0. The lowest BCUT2D eigenvalue weighted by Gasteiger charge is -2.23. The Hall–Kier alpha value is -2.54. The largest absolute Gasteiger partial charge is 0.493 e.